The molecule has 7 nitrogen and oxygen atoms in total. The molecular weight excluding hydrogens is 368 g/mol. The fourth-order valence-corrected chi connectivity index (χ4v) is 3.82. The highest BCUT2D eigenvalue weighted by Crippen LogP contribution is 2.20. The van der Waals surface area contributed by atoms with Crippen molar-refractivity contribution in [2.24, 2.45) is 0 Å². The maximum atomic E-state index is 12.6. The van der Waals surface area contributed by atoms with Crippen LogP contribution in [0.1, 0.15) is 28.8 Å². The number of benzene rings is 2. The molecule has 1 saturated carbocycles. The van der Waals surface area contributed by atoms with Crippen molar-refractivity contribution in [2.75, 3.05) is 0 Å². The minimum atomic E-state index is -4.10. The summed E-state index contributed by atoms with van der Waals surface area (Å²) in [5, 5.41) is 12.2. The molecule has 142 valence electrons. The second kappa shape index (κ2) is 7.89. The Labute approximate surface area is 157 Å². The highest BCUT2D eigenvalue weighted by atomic mass is 32.2. The Hall–Kier alpha value is -2.71. The van der Waals surface area contributed by atoms with Crippen molar-refractivity contribution < 1.29 is 23.1 Å². The van der Waals surface area contributed by atoms with Crippen LogP contribution in [0.15, 0.2) is 59.5 Å². The lowest BCUT2D eigenvalue weighted by Gasteiger charge is -2.15. The smallest absolute Gasteiger partial charge is 0.322 e. The number of rotatable bonds is 8. The van der Waals surface area contributed by atoms with E-state index in [2.05, 4.69) is 10.0 Å². The third-order valence-corrected chi connectivity index (χ3v) is 5.67. The topological polar surface area (TPSA) is 113 Å². The van der Waals surface area contributed by atoms with E-state index < -0.39 is 22.0 Å². The Morgan fingerprint density at radius 3 is 2.41 bits per heavy atom. The first-order valence-corrected chi connectivity index (χ1v) is 10.0. The third kappa shape index (κ3) is 5.15. The van der Waals surface area contributed by atoms with Gasteiger partial charge in [-0.3, -0.25) is 9.59 Å². The van der Waals surface area contributed by atoms with E-state index in [-0.39, 0.29) is 28.8 Å². The number of aliphatic carboxylic acids is 1. The van der Waals surface area contributed by atoms with Crippen molar-refractivity contribution in [1.82, 2.24) is 10.0 Å². The minimum Gasteiger partial charge on any atom is -0.480 e. The van der Waals surface area contributed by atoms with E-state index >= 15 is 0 Å². The molecule has 3 rings (SSSR count). The van der Waals surface area contributed by atoms with Crippen LogP contribution in [-0.2, 0) is 21.2 Å². The van der Waals surface area contributed by atoms with Gasteiger partial charge in [-0.05, 0) is 43.0 Å². The van der Waals surface area contributed by atoms with Gasteiger partial charge in [0.2, 0.25) is 10.0 Å². The van der Waals surface area contributed by atoms with Crippen molar-refractivity contribution in [1.29, 1.82) is 0 Å². The number of carbonyl (C=O) groups excluding carboxylic acids is 1. The summed E-state index contributed by atoms with van der Waals surface area (Å²) in [5.41, 5.74) is 0.921. The summed E-state index contributed by atoms with van der Waals surface area (Å²) < 4.78 is 27.5. The van der Waals surface area contributed by atoms with E-state index in [0.29, 0.717) is 5.56 Å². The van der Waals surface area contributed by atoms with E-state index in [4.69, 9.17) is 0 Å². The van der Waals surface area contributed by atoms with Crippen LogP contribution in [-0.4, -0.2) is 37.5 Å². The zero-order valence-electron chi connectivity index (χ0n) is 14.5. The lowest BCUT2D eigenvalue weighted by molar-refractivity contribution is -0.138. The van der Waals surface area contributed by atoms with Gasteiger partial charge in [0.25, 0.3) is 5.91 Å². The first-order valence-electron chi connectivity index (χ1n) is 8.55. The SMILES string of the molecule is O=C(NC1CC1)c1cccc(S(=O)(=O)N[C@@H](Cc2ccccc2)C(=O)O)c1. The summed E-state index contributed by atoms with van der Waals surface area (Å²) in [6.45, 7) is 0. The molecule has 0 saturated heterocycles. The monoisotopic (exact) mass is 388 g/mol. The van der Waals surface area contributed by atoms with Crippen LogP contribution in [0.5, 0.6) is 0 Å². The van der Waals surface area contributed by atoms with Gasteiger partial charge < -0.3 is 10.4 Å². The van der Waals surface area contributed by atoms with E-state index in [9.17, 15) is 23.1 Å². The van der Waals surface area contributed by atoms with Crippen LogP contribution in [0.4, 0.5) is 0 Å². The second-order valence-corrected chi connectivity index (χ2v) is 8.19. The Kier molecular flexibility index (Phi) is 5.57. The van der Waals surface area contributed by atoms with Crippen LogP contribution >= 0.6 is 0 Å². The van der Waals surface area contributed by atoms with Gasteiger partial charge in [-0.25, -0.2) is 8.42 Å². The van der Waals surface area contributed by atoms with Gasteiger partial charge in [0, 0.05) is 11.6 Å². The van der Waals surface area contributed by atoms with E-state index in [1.165, 1.54) is 24.3 Å². The van der Waals surface area contributed by atoms with Crippen molar-refractivity contribution in [2.45, 2.75) is 36.2 Å². The van der Waals surface area contributed by atoms with Gasteiger partial charge in [0.1, 0.15) is 6.04 Å². The molecule has 0 heterocycles. The zero-order valence-corrected chi connectivity index (χ0v) is 15.3. The largest absolute Gasteiger partial charge is 0.480 e. The molecular formula is C19H20N2O5S. The molecule has 0 unspecified atom stereocenters. The summed E-state index contributed by atoms with van der Waals surface area (Å²) in [6.07, 6.45) is 1.85. The maximum Gasteiger partial charge on any atom is 0.322 e. The molecule has 1 aliphatic carbocycles. The molecule has 0 bridgehead atoms. The molecule has 0 spiro atoms. The molecule has 27 heavy (non-hydrogen) atoms. The average molecular weight is 388 g/mol. The normalized spacial score (nSPS) is 15.1. The molecule has 8 heteroatoms. The van der Waals surface area contributed by atoms with Gasteiger partial charge in [-0.2, -0.15) is 4.72 Å². The number of carboxylic acid groups (broad SMARTS) is 1. The van der Waals surface area contributed by atoms with Crippen LogP contribution in [0.3, 0.4) is 0 Å². The molecule has 0 radical (unpaired) electrons. The molecule has 1 amide bonds. The number of hydrogen-bond acceptors (Lipinski definition) is 4. The molecule has 1 fully saturated rings. The second-order valence-electron chi connectivity index (χ2n) is 6.48. The lowest BCUT2D eigenvalue weighted by Crippen LogP contribution is -2.42. The van der Waals surface area contributed by atoms with E-state index in [1.54, 1.807) is 30.3 Å². The molecule has 2 aromatic carbocycles. The van der Waals surface area contributed by atoms with Crippen LogP contribution in [0, 0.1) is 0 Å². The highest BCUT2D eigenvalue weighted by Gasteiger charge is 2.27. The molecule has 1 atom stereocenters. The summed E-state index contributed by atoms with van der Waals surface area (Å²) in [6, 6.07) is 13.2. The Balaban J connectivity index is 1.77. The fourth-order valence-electron chi connectivity index (χ4n) is 2.59. The van der Waals surface area contributed by atoms with E-state index in [1.807, 2.05) is 0 Å². The van der Waals surface area contributed by atoms with Crippen molar-refractivity contribution >= 4 is 21.9 Å². The lowest BCUT2D eigenvalue weighted by atomic mass is 10.1. The number of sulfonamides is 1. The van der Waals surface area contributed by atoms with Crippen molar-refractivity contribution in [3.05, 3.63) is 65.7 Å². The minimum absolute atomic E-state index is 0.0112. The molecule has 0 aromatic heterocycles. The van der Waals surface area contributed by atoms with Crippen molar-refractivity contribution in [3.63, 3.8) is 0 Å². The number of nitrogens with one attached hydrogen (secondary N) is 2. The van der Waals surface area contributed by atoms with Gasteiger partial charge >= 0.3 is 5.97 Å². The summed E-state index contributed by atoms with van der Waals surface area (Å²) in [7, 11) is -4.10. The predicted molar refractivity (Wildman–Crippen MR) is 98.8 cm³/mol. The Morgan fingerprint density at radius 2 is 1.78 bits per heavy atom. The van der Waals surface area contributed by atoms with Gasteiger partial charge in [0.15, 0.2) is 0 Å². The first kappa shape index (κ1) is 19.1. The number of carboxylic acids is 1. The molecule has 3 N–H and O–H groups in total. The third-order valence-electron chi connectivity index (χ3n) is 4.20. The Bertz CT molecular complexity index is 940. The standard InChI is InChI=1S/C19H20N2O5S/c22-18(20-15-9-10-15)14-7-4-8-16(12-14)27(25,26)21-17(19(23)24)11-13-5-2-1-3-6-13/h1-8,12,15,17,21H,9-11H2,(H,20,22)(H,23,24)/t17-/m0/s1. The predicted octanol–water partition coefficient (Wildman–Crippen LogP) is 1.55. The zero-order chi connectivity index (χ0) is 19.4. The van der Waals surface area contributed by atoms with Gasteiger partial charge in [-0.1, -0.05) is 36.4 Å². The maximum absolute atomic E-state index is 12.6. The summed E-state index contributed by atoms with van der Waals surface area (Å²) in [5.74, 6) is -1.61. The van der Waals surface area contributed by atoms with Gasteiger partial charge in [0.05, 0.1) is 4.90 Å². The van der Waals surface area contributed by atoms with Crippen LogP contribution < -0.4 is 10.0 Å². The molecule has 2 aromatic rings. The number of carbonyl (C=O) groups is 2. The summed E-state index contributed by atoms with van der Waals surface area (Å²) >= 11 is 0. The number of amides is 1. The van der Waals surface area contributed by atoms with Crippen LogP contribution in [0.25, 0.3) is 0 Å². The average Bonchev–Trinajstić information content (AvgIpc) is 3.46. The first-order chi connectivity index (χ1) is 12.8. The van der Waals surface area contributed by atoms with Crippen molar-refractivity contribution in [3.8, 4) is 0 Å². The van der Waals surface area contributed by atoms with Crippen LogP contribution in [0.2, 0.25) is 0 Å². The molecule has 1 aliphatic rings. The van der Waals surface area contributed by atoms with E-state index in [0.717, 1.165) is 12.8 Å². The molecule has 0 aliphatic heterocycles. The fraction of sp³-hybridized carbons (Fsp3) is 0.263. The highest BCUT2D eigenvalue weighted by molar-refractivity contribution is 7.89. The Morgan fingerprint density at radius 1 is 1.07 bits per heavy atom. The summed E-state index contributed by atoms with van der Waals surface area (Å²) in [4.78, 5) is 23.5. The number of hydrogen-bond donors (Lipinski definition) is 3. The van der Waals surface area contributed by atoms with Gasteiger partial charge in [-0.15, -0.1) is 0 Å². The quantitative estimate of drug-likeness (QED) is 0.635.